The first-order chi connectivity index (χ1) is 15.4. The van der Waals surface area contributed by atoms with Gasteiger partial charge in [0.2, 0.25) is 11.8 Å². The van der Waals surface area contributed by atoms with Crippen molar-refractivity contribution in [2.45, 2.75) is 31.6 Å². The predicted octanol–water partition coefficient (Wildman–Crippen LogP) is 1.43. The van der Waals surface area contributed by atoms with E-state index >= 15 is 0 Å². The van der Waals surface area contributed by atoms with Crippen LogP contribution in [0, 0.1) is 6.92 Å². The van der Waals surface area contributed by atoms with Crippen LogP contribution in [0.4, 0.5) is 0 Å². The van der Waals surface area contributed by atoms with E-state index in [1.54, 1.807) is 30.9 Å². The summed E-state index contributed by atoms with van der Waals surface area (Å²) in [5.74, 6) is 1.45. The topological polar surface area (TPSA) is 105 Å². The molecule has 0 spiro atoms. The minimum atomic E-state index is -0.217. The van der Waals surface area contributed by atoms with Gasteiger partial charge in [0.15, 0.2) is 11.5 Å². The molecule has 1 aromatic carbocycles. The minimum absolute atomic E-state index is 0.0254. The fourth-order valence-electron chi connectivity index (χ4n) is 4.66. The summed E-state index contributed by atoms with van der Waals surface area (Å²) >= 11 is 0. The van der Waals surface area contributed by atoms with E-state index in [1.165, 1.54) is 6.07 Å². The molecule has 9 heteroatoms. The van der Waals surface area contributed by atoms with Crippen molar-refractivity contribution in [3.63, 3.8) is 0 Å². The number of aromatic amines is 1. The maximum Gasteiger partial charge on any atom is 0.251 e. The lowest BCUT2D eigenvalue weighted by Gasteiger charge is -2.21. The lowest BCUT2D eigenvalue weighted by molar-refractivity contribution is -0.137. The van der Waals surface area contributed by atoms with Crippen LogP contribution in [0.25, 0.3) is 0 Å². The third-order valence-electron chi connectivity index (χ3n) is 6.27. The third kappa shape index (κ3) is 4.32. The number of hydrogen-bond acceptors (Lipinski definition) is 6. The number of methoxy groups -OCH3 is 2. The Labute approximate surface area is 186 Å². The molecule has 1 aromatic heterocycles. The Morgan fingerprint density at radius 2 is 1.88 bits per heavy atom. The first kappa shape index (κ1) is 21.9. The van der Waals surface area contributed by atoms with Crippen molar-refractivity contribution in [2.75, 3.05) is 40.4 Å². The Balaban J connectivity index is 1.66. The number of carbonyl (C=O) groups is 2. The molecule has 0 bridgehead atoms. The molecule has 0 saturated carbocycles. The third-order valence-corrected chi connectivity index (χ3v) is 6.27. The molecule has 2 amide bonds. The second-order valence-electron chi connectivity index (χ2n) is 8.30. The van der Waals surface area contributed by atoms with Crippen LogP contribution in [-0.4, -0.2) is 72.0 Å². The van der Waals surface area contributed by atoms with Gasteiger partial charge in [0, 0.05) is 44.0 Å². The highest BCUT2D eigenvalue weighted by molar-refractivity contribution is 5.86. The maximum atomic E-state index is 13.1. The second-order valence-corrected chi connectivity index (χ2v) is 8.30. The molecule has 0 radical (unpaired) electrons. The molecule has 2 atom stereocenters. The quantitative estimate of drug-likeness (QED) is 0.729. The minimum Gasteiger partial charge on any atom is -0.493 e. The Hall–Kier alpha value is -3.36. The number of nitrogens with one attached hydrogen (secondary N) is 1. The van der Waals surface area contributed by atoms with E-state index in [2.05, 4.69) is 9.97 Å². The molecular formula is C23H28N4O5. The molecule has 2 aliphatic rings. The van der Waals surface area contributed by atoms with E-state index in [0.29, 0.717) is 49.1 Å². The number of likely N-dealkylation sites (tertiary alicyclic amines) is 2. The van der Waals surface area contributed by atoms with Gasteiger partial charge in [-0.15, -0.1) is 0 Å². The number of aryl methyl sites for hydroxylation is 1. The zero-order chi connectivity index (χ0) is 22.8. The molecule has 2 aromatic rings. The van der Waals surface area contributed by atoms with Gasteiger partial charge in [-0.05, 0) is 31.0 Å². The summed E-state index contributed by atoms with van der Waals surface area (Å²) in [5, 5.41) is 0. The largest absolute Gasteiger partial charge is 0.493 e. The first-order valence-corrected chi connectivity index (χ1v) is 10.7. The number of amides is 2. The standard InChI is InChI=1S/C23H28N4O5/c1-14-24-18(10-21(28)25-14)17-12-27(23(30)13-26-8-4-5-22(26)29)11-16(17)15-6-7-19(31-2)20(9-15)32-3/h6-7,9-10,16-17H,4-5,8,11-13H2,1-3H3,(H,24,25,28)/t16-,17+/m0/s1. The molecule has 0 aliphatic carbocycles. The van der Waals surface area contributed by atoms with Gasteiger partial charge in [-0.3, -0.25) is 14.4 Å². The van der Waals surface area contributed by atoms with E-state index in [1.807, 2.05) is 18.2 Å². The Bertz CT molecular complexity index is 1080. The highest BCUT2D eigenvalue weighted by atomic mass is 16.5. The average molecular weight is 441 g/mol. The van der Waals surface area contributed by atoms with Crippen LogP contribution >= 0.6 is 0 Å². The molecule has 2 fully saturated rings. The van der Waals surface area contributed by atoms with Gasteiger partial charge in [-0.1, -0.05) is 6.07 Å². The van der Waals surface area contributed by atoms with Crippen molar-refractivity contribution >= 4 is 11.8 Å². The second kappa shape index (κ2) is 9.02. The number of nitrogens with zero attached hydrogens (tertiary/aromatic N) is 3. The number of benzene rings is 1. The average Bonchev–Trinajstić information content (AvgIpc) is 3.39. The van der Waals surface area contributed by atoms with E-state index in [9.17, 15) is 14.4 Å². The van der Waals surface area contributed by atoms with Gasteiger partial charge in [-0.25, -0.2) is 4.98 Å². The molecule has 2 aliphatic heterocycles. The summed E-state index contributed by atoms with van der Waals surface area (Å²) in [5.41, 5.74) is 1.41. The Morgan fingerprint density at radius 3 is 2.53 bits per heavy atom. The van der Waals surface area contributed by atoms with E-state index in [0.717, 1.165) is 12.0 Å². The van der Waals surface area contributed by atoms with Crippen molar-refractivity contribution in [2.24, 2.45) is 0 Å². The maximum absolute atomic E-state index is 13.1. The van der Waals surface area contributed by atoms with E-state index in [-0.39, 0.29) is 35.8 Å². The Morgan fingerprint density at radius 1 is 1.12 bits per heavy atom. The van der Waals surface area contributed by atoms with Gasteiger partial charge < -0.3 is 24.3 Å². The molecule has 32 heavy (non-hydrogen) atoms. The van der Waals surface area contributed by atoms with Crippen LogP contribution in [0.3, 0.4) is 0 Å². The van der Waals surface area contributed by atoms with Crippen LogP contribution < -0.4 is 15.0 Å². The molecule has 1 N–H and O–H groups in total. The van der Waals surface area contributed by atoms with Crippen LogP contribution in [0.1, 0.15) is 41.8 Å². The fourth-order valence-corrected chi connectivity index (χ4v) is 4.66. The van der Waals surface area contributed by atoms with Crippen LogP contribution in [0.2, 0.25) is 0 Å². The van der Waals surface area contributed by atoms with Gasteiger partial charge in [0.05, 0.1) is 26.5 Å². The summed E-state index contributed by atoms with van der Waals surface area (Å²) in [4.78, 5) is 47.8. The lowest BCUT2D eigenvalue weighted by Crippen LogP contribution is -2.39. The van der Waals surface area contributed by atoms with Crippen LogP contribution in [-0.2, 0) is 9.59 Å². The highest BCUT2D eigenvalue weighted by Gasteiger charge is 2.39. The van der Waals surface area contributed by atoms with Crippen LogP contribution in [0.5, 0.6) is 11.5 Å². The van der Waals surface area contributed by atoms with E-state index in [4.69, 9.17) is 9.47 Å². The van der Waals surface area contributed by atoms with Crippen LogP contribution in [0.15, 0.2) is 29.1 Å². The number of H-pyrrole nitrogens is 1. The van der Waals surface area contributed by atoms with Gasteiger partial charge in [0.25, 0.3) is 5.56 Å². The summed E-state index contributed by atoms with van der Waals surface area (Å²) in [7, 11) is 3.16. The van der Waals surface area contributed by atoms with Crippen molar-refractivity contribution in [1.29, 1.82) is 0 Å². The lowest BCUT2D eigenvalue weighted by atomic mass is 9.86. The number of ether oxygens (including phenoxy) is 2. The summed E-state index contributed by atoms with van der Waals surface area (Å²) in [6, 6.07) is 7.21. The molecule has 2 saturated heterocycles. The monoisotopic (exact) mass is 440 g/mol. The summed E-state index contributed by atoms with van der Waals surface area (Å²) in [6.45, 7) is 3.35. The highest BCUT2D eigenvalue weighted by Crippen LogP contribution is 2.41. The molecule has 4 rings (SSSR count). The molecule has 170 valence electrons. The smallest absolute Gasteiger partial charge is 0.251 e. The van der Waals surface area contributed by atoms with Gasteiger partial charge in [0.1, 0.15) is 5.82 Å². The number of aromatic nitrogens is 2. The summed E-state index contributed by atoms with van der Waals surface area (Å²) < 4.78 is 10.8. The number of carbonyl (C=O) groups excluding carboxylic acids is 2. The molecule has 9 nitrogen and oxygen atoms in total. The summed E-state index contributed by atoms with van der Waals surface area (Å²) in [6.07, 6.45) is 1.29. The van der Waals surface area contributed by atoms with Crippen molar-refractivity contribution in [3.8, 4) is 11.5 Å². The Kier molecular flexibility index (Phi) is 6.16. The predicted molar refractivity (Wildman–Crippen MR) is 117 cm³/mol. The first-order valence-electron chi connectivity index (χ1n) is 10.7. The zero-order valence-electron chi connectivity index (χ0n) is 18.6. The van der Waals surface area contributed by atoms with Gasteiger partial charge in [-0.2, -0.15) is 0 Å². The normalized spacial score (nSPS) is 20.7. The molecular weight excluding hydrogens is 412 g/mol. The number of rotatable bonds is 6. The van der Waals surface area contributed by atoms with Crippen molar-refractivity contribution in [3.05, 3.63) is 51.7 Å². The van der Waals surface area contributed by atoms with E-state index < -0.39 is 0 Å². The van der Waals surface area contributed by atoms with Crippen molar-refractivity contribution in [1.82, 2.24) is 19.8 Å². The number of hydrogen-bond donors (Lipinski definition) is 1. The fraction of sp³-hybridized carbons (Fsp3) is 0.478. The zero-order valence-corrected chi connectivity index (χ0v) is 18.6. The molecule has 3 heterocycles. The SMILES string of the molecule is COc1ccc([C@@H]2CN(C(=O)CN3CCCC3=O)C[C@H]2c2cc(=O)[nH]c(C)n2)cc1OC. The molecule has 0 unspecified atom stereocenters. The van der Waals surface area contributed by atoms with Gasteiger partial charge >= 0.3 is 0 Å². The van der Waals surface area contributed by atoms with Crippen molar-refractivity contribution < 1.29 is 19.1 Å².